The molecule has 0 saturated carbocycles. The van der Waals surface area contributed by atoms with Crippen LogP contribution in [0.1, 0.15) is 18.5 Å². The van der Waals surface area contributed by atoms with Crippen LogP contribution in [0.2, 0.25) is 0 Å². The molecule has 0 saturated heterocycles. The Balaban J connectivity index is 3.01. The zero-order chi connectivity index (χ0) is 13.8. The fraction of sp³-hybridized carbons (Fsp3) is 0.500. The summed E-state index contributed by atoms with van der Waals surface area (Å²) < 4.78 is 26.0. The third-order valence-electron chi connectivity index (χ3n) is 2.70. The van der Waals surface area contributed by atoms with Gasteiger partial charge >= 0.3 is 0 Å². The molecule has 102 valence electrons. The summed E-state index contributed by atoms with van der Waals surface area (Å²) in [7, 11) is -1.80. The fourth-order valence-corrected chi connectivity index (χ4v) is 3.28. The van der Waals surface area contributed by atoms with Gasteiger partial charge in [-0.25, -0.2) is 12.7 Å². The quantitative estimate of drug-likeness (QED) is 0.865. The molecule has 0 aliphatic heterocycles. The molecule has 1 atom stereocenters. The van der Waals surface area contributed by atoms with Crippen molar-refractivity contribution in [3.63, 3.8) is 0 Å². The minimum atomic E-state index is -3.40. The van der Waals surface area contributed by atoms with E-state index in [0.29, 0.717) is 11.4 Å². The number of benzene rings is 1. The van der Waals surface area contributed by atoms with Gasteiger partial charge in [0.05, 0.1) is 4.90 Å². The Bertz CT molecular complexity index is 487. The Kier molecular flexibility index (Phi) is 5.65. The topological polar surface area (TPSA) is 63.4 Å². The average molecular weight is 288 g/mol. The molecule has 0 heterocycles. The van der Waals surface area contributed by atoms with E-state index in [4.69, 9.17) is 5.73 Å². The van der Waals surface area contributed by atoms with Gasteiger partial charge in [-0.2, -0.15) is 11.8 Å². The first-order valence-corrected chi connectivity index (χ1v) is 8.54. The molecule has 1 aromatic carbocycles. The summed E-state index contributed by atoms with van der Waals surface area (Å²) in [5, 5.41) is 0. The number of hydrogen-bond acceptors (Lipinski definition) is 4. The van der Waals surface area contributed by atoms with E-state index in [1.807, 2.05) is 19.2 Å². The van der Waals surface area contributed by atoms with Crippen LogP contribution in [0, 0.1) is 0 Å². The Hall–Kier alpha value is -0.560. The van der Waals surface area contributed by atoms with E-state index in [0.717, 1.165) is 11.3 Å². The molecule has 0 aliphatic rings. The normalized spacial score (nSPS) is 13.8. The van der Waals surface area contributed by atoms with Gasteiger partial charge in [0.25, 0.3) is 0 Å². The first-order chi connectivity index (χ1) is 8.39. The number of nitrogens with zero attached hydrogens (tertiary/aromatic N) is 1. The predicted molar refractivity (Wildman–Crippen MR) is 77.2 cm³/mol. The Labute approximate surface area is 114 Å². The number of sulfonamides is 1. The van der Waals surface area contributed by atoms with E-state index in [1.165, 1.54) is 4.31 Å². The van der Waals surface area contributed by atoms with Crippen molar-refractivity contribution >= 4 is 21.8 Å². The molecular formula is C12H20N2O2S2. The Morgan fingerprint density at radius 3 is 2.67 bits per heavy atom. The number of thioether (sulfide) groups is 1. The van der Waals surface area contributed by atoms with Crippen molar-refractivity contribution in [1.82, 2.24) is 4.31 Å². The van der Waals surface area contributed by atoms with Gasteiger partial charge < -0.3 is 5.73 Å². The van der Waals surface area contributed by atoms with Crippen LogP contribution in [0.25, 0.3) is 0 Å². The van der Waals surface area contributed by atoms with E-state index in [9.17, 15) is 8.42 Å². The van der Waals surface area contributed by atoms with Gasteiger partial charge in [-0.1, -0.05) is 12.1 Å². The van der Waals surface area contributed by atoms with Crippen molar-refractivity contribution in [2.45, 2.75) is 17.9 Å². The molecule has 4 nitrogen and oxygen atoms in total. The summed E-state index contributed by atoms with van der Waals surface area (Å²) in [5.74, 6) is 0.780. The molecule has 1 unspecified atom stereocenters. The van der Waals surface area contributed by atoms with Crippen LogP contribution in [-0.2, 0) is 10.0 Å². The maximum absolute atomic E-state index is 12.3. The second-order valence-electron chi connectivity index (χ2n) is 4.18. The SMILES string of the molecule is CSCCN(C)S(=O)(=O)c1cccc(C(C)N)c1. The lowest BCUT2D eigenvalue weighted by Gasteiger charge is -2.17. The lowest BCUT2D eigenvalue weighted by atomic mass is 10.1. The van der Waals surface area contributed by atoms with Crippen LogP contribution in [0.15, 0.2) is 29.2 Å². The van der Waals surface area contributed by atoms with Gasteiger partial charge in [0.2, 0.25) is 10.0 Å². The van der Waals surface area contributed by atoms with Gasteiger partial charge in [0.1, 0.15) is 0 Å². The summed E-state index contributed by atoms with van der Waals surface area (Å²) in [6.45, 7) is 2.34. The lowest BCUT2D eigenvalue weighted by Crippen LogP contribution is -2.29. The van der Waals surface area contributed by atoms with E-state index in [2.05, 4.69) is 0 Å². The highest BCUT2D eigenvalue weighted by Gasteiger charge is 2.20. The molecule has 0 amide bonds. The van der Waals surface area contributed by atoms with Crippen LogP contribution < -0.4 is 5.73 Å². The standard InChI is InChI=1S/C12H20N2O2S2/c1-10(13)11-5-4-6-12(9-11)18(15,16)14(2)7-8-17-3/h4-6,9-10H,7-8,13H2,1-3H3. The minimum absolute atomic E-state index is 0.170. The highest BCUT2D eigenvalue weighted by Crippen LogP contribution is 2.19. The highest BCUT2D eigenvalue weighted by atomic mass is 32.2. The highest BCUT2D eigenvalue weighted by molar-refractivity contribution is 7.98. The van der Waals surface area contributed by atoms with Crippen LogP contribution >= 0.6 is 11.8 Å². The fourth-order valence-electron chi connectivity index (χ4n) is 1.48. The molecule has 0 spiro atoms. The zero-order valence-electron chi connectivity index (χ0n) is 11.0. The Morgan fingerprint density at radius 2 is 2.11 bits per heavy atom. The van der Waals surface area contributed by atoms with Crippen LogP contribution in [0.5, 0.6) is 0 Å². The number of rotatable bonds is 6. The summed E-state index contributed by atoms with van der Waals surface area (Å²) in [6, 6.07) is 6.66. The first kappa shape index (κ1) is 15.5. The summed E-state index contributed by atoms with van der Waals surface area (Å²) in [5.41, 5.74) is 6.60. The molecule has 0 aliphatic carbocycles. The van der Waals surface area contributed by atoms with Crippen molar-refractivity contribution in [1.29, 1.82) is 0 Å². The van der Waals surface area contributed by atoms with Crippen LogP contribution in [0.3, 0.4) is 0 Å². The van der Waals surface area contributed by atoms with Crippen molar-refractivity contribution in [3.05, 3.63) is 29.8 Å². The van der Waals surface area contributed by atoms with Crippen molar-refractivity contribution in [2.24, 2.45) is 5.73 Å². The van der Waals surface area contributed by atoms with Gasteiger partial charge in [0, 0.05) is 25.4 Å². The predicted octanol–water partition coefficient (Wildman–Crippen LogP) is 1.69. The van der Waals surface area contributed by atoms with E-state index in [1.54, 1.807) is 37.0 Å². The van der Waals surface area contributed by atoms with Gasteiger partial charge in [-0.15, -0.1) is 0 Å². The third-order valence-corrected chi connectivity index (χ3v) is 5.15. The molecule has 6 heteroatoms. The monoisotopic (exact) mass is 288 g/mol. The van der Waals surface area contributed by atoms with E-state index >= 15 is 0 Å². The third kappa shape index (κ3) is 3.71. The molecule has 18 heavy (non-hydrogen) atoms. The number of hydrogen-bond donors (Lipinski definition) is 1. The van der Waals surface area contributed by atoms with Crippen molar-refractivity contribution in [3.8, 4) is 0 Å². The van der Waals surface area contributed by atoms with Gasteiger partial charge in [-0.3, -0.25) is 0 Å². The summed E-state index contributed by atoms with van der Waals surface area (Å²) in [6.07, 6.45) is 1.96. The molecule has 0 fully saturated rings. The molecule has 1 rings (SSSR count). The van der Waals surface area contributed by atoms with E-state index < -0.39 is 10.0 Å². The molecule has 0 aromatic heterocycles. The zero-order valence-corrected chi connectivity index (χ0v) is 12.6. The van der Waals surface area contributed by atoms with E-state index in [-0.39, 0.29) is 6.04 Å². The van der Waals surface area contributed by atoms with Crippen molar-refractivity contribution in [2.75, 3.05) is 25.6 Å². The second-order valence-corrected chi connectivity index (χ2v) is 7.21. The van der Waals surface area contributed by atoms with Gasteiger partial charge in [0.15, 0.2) is 0 Å². The maximum Gasteiger partial charge on any atom is 0.242 e. The first-order valence-electron chi connectivity index (χ1n) is 5.70. The molecular weight excluding hydrogens is 268 g/mol. The molecule has 0 bridgehead atoms. The lowest BCUT2D eigenvalue weighted by molar-refractivity contribution is 0.488. The Morgan fingerprint density at radius 1 is 1.44 bits per heavy atom. The molecule has 0 radical (unpaired) electrons. The largest absolute Gasteiger partial charge is 0.324 e. The smallest absolute Gasteiger partial charge is 0.242 e. The summed E-state index contributed by atoms with van der Waals surface area (Å²) in [4.78, 5) is 0.306. The number of nitrogens with two attached hydrogens (primary N) is 1. The summed E-state index contributed by atoms with van der Waals surface area (Å²) >= 11 is 1.62. The second kappa shape index (κ2) is 6.56. The molecule has 2 N–H and O–H groups in total. The average Bonchev–Trinajstić information content (AvgIpc) is 2.35. The van der Waals surface area contributed by atoms with Crippen LogP contribution in [0.4, 0.5) is 0 Å². The van der Waals surface area contributed by atoms with Crippen molar-refractivity contribution < 1.29 is 8.42 Å². The van der Waals surface area contributed by atoms with Crippen LogP contribution in [-0.4, -0.2) is 38.3 Å². The molecule has 1 aromatic rings. The van der Waals surface area contributed by atoms with Gasteiger partial charge in [-0.05, 0) is 30.9 Å². The maximum atomic E-state index is 12.3. The minimum Gasteiger partial charge on any atom is -0.324 e.